The summed E-state index contributed by atoms with van der Waals surface area (Å²) < 4.78 is 33.3. The van der Waals surface area contributed by atoms with Gasteiger partial charge in [0.25, 0.3) is 11.4 Å². The molecule has 0 atom stereocenters. The Kier molecular flexibility index (Phi) is 5.05. The molecule has 2 aromatic heterocycles. The summed E-state index contributed by atoms with van der Waals surface area (Å²) in [6.45, 7) is 0.849. The van der Waals surface area contributed by atoms with Gasteiger partial charge in [0.15, 0.2) is 5.82 Å². The molecule has 0 radical (unpaired) electrons. The summed E-state index contributed by atoms with van der Waals surface area (Å²) in [5, 5.41) is 4.34. The predicted octanol–water partition coefficient (Wildman–Crippen LogP) is 2.38. The van der Waals surface area contributed by atoms with Crippen LogP contribution in [0.1, 0.15) is 18.7 Å². The van der Waals surface area contributed by atoms with Gasteiger partial charge in [-0.1, -0.05) is 28.9 Å². The molecule has 1 aromatic carbocycles. The number of aromatic nitrogens is 3. The first-order chi connectivity index (χ1) is 13.5. The lowest BCUT2D eigenvalue weighted by molar-refractivity contribution is 0.420. The number of nitrogens with zero attached hydrogens (tertiary/aromatic N) is 4. The van der Waals surface area contributed by atoms with Gasteiger partial charge in [0.2, 0.25) is 10.0 Å². The molecule has 0 unspecified atom stereocenters. The Balaban J connectivity index is 1.63. The number of sulfonamides is 1. The van der Waals surface area contributed by atoms with Crippen molar-refractivity contribution in [1.82, 2.24) is 19.0 Å². The van der Waals surface area contributed by atoms with Gasteiger partial charge in [-0.25, -0.2) is 8.42 Å². The van der Waals surface area contributed by atoms with Crippen LogP contribution in [0.3, 0.4) is 0 Å². The molecular formula is C18H17ClN4O4S. The number of hydrogen-bond donors (Lipinski definition) is 0. The third-order valence-corrected chi connectivity index (χ3v) is 6.79. The molecule has 1 fully saturated rings. The zero-order valence-corrected chi connectivity index (χ0v) is 16.4. The van der Waals surface area contributed by atoms with E-state index < -0.39 is 15.6 Å². The van der Waals surface area contributed by atoms with Crippen LogP contribution in [0.5, 0.6) is 0 Å². The van der Waals surface area contributed by atoms with Crippen molar-refractivity contribution in [2.24, 2.45) is 0 Å². The first kappa shape index (κ1) is 18.9. The average molecular weight is 421 g/mol. The average Bonchev–Trinajstić information content (AvgIpc) is 3.36. The highest BCUT2D eigenvalue weighted by atomic mass is 35.5. The minimum Gasteiger partial charge on any atom is -0.334 e. The van der Waals surface area contributed by atoms with Gasteiger partial charge in [0, 0.05) is 19.3 Å². The fourth-order valence-corrected chi connectivity index (χ4v) is 4.94. The Morgan fingerprint density at radius 1 is 1.11 bits per heavy atom. The second-order valence-corrected chi connectivity index (χ2v) is 8.73. The van der Waals surface area contributed by atoms with Crippen molar-refractivity contribution in [3.8, 4) is 11.5 Å². The molecule has 1 saturated heterocycles. The molecule has 0 bridgehead atoms. The lowest BCUT2D eigenvalue weighted by Crippen LogP contribution is -2.34. The van der Waals surface area contributed by atoms with Crippen molar-refractivity contribution in [2.45, 2.75) is 24.3 Å². The number of benzene rings is 1. The Bertz CT molecular complexity index is 1170. The summed E-state index contributed by atoms with van der Waals surface area (Å²) in [6, 6.07) is 9.89. The zero-order valence-electron chi connectivity index (χ0n) is 14.8. The summed E-state index contributed by atoms with van der Waals surface area (Å²) >= 11 is 6.13. The van der Waals surface area contributed by atoms with Crippen molar-refractivity contribution in [2.75, 3.05) is 13.1 Å². The Morgan fingerprint density at radius 3 is 2.61 bits per heavy atom. The number of rotatable bonds is 5. The molecule has 0 aliphatic carbocycles. The SMILES string of the molecule is O=c1c(S(=O)(=O)N2CCCC2)cccn1Cc1noc(-c2ccccc2Cl)n1. The van der Waals surface area contributed by atoms with Crippen LogP contribution < -0.4 is 5.56 Å². The summed E-state index contributed by atoms with van der Waals surface area (Å²) in [4.78, 5) is 16.8. The van der Waals surface area contributed by atoms with E-state index in [4.69, 9.17) is 16.1 Å². The molecule has 1 aliphatic heterocycles. The smallest absolute Gasteiger partial charge is 0.271 e. The normalized spacial score (nSPS) is 15.2. The van der Waals surface area contributed by atoms with E-state index in [2.05, 4.69) is 10.1 Å². The highest BCUT2D eigenvalue weighted by Gasteiger charge is 2.30. The molecule has 0 spiro atoms. The van der Waals surface area contributed by atoms with Crippen molar-refractivity contribution in [3.63, 3.8) is 0 Å². The molecule has 3 aromatic rings. The van der Waals surface area contributed by atoms with Gasteiger partial charge in [-0.15, -0.1) is 0 Å². The molecule has 4 rings (SSSR count). The van der Waals surface area contributed by atoms with Crippen LogP contribution in [-0.2, 0) is 16.6 Å². The van der Waals surface area contributed by atoms with Crippen molar-refractivity contribution in [3.05, 3.63) is 63.8 Å². The molecule has 28 heavy (non-hydrogen) atoms. The van der Waals surface area contributed by atoms with Crippen LogP contribution in [0.15, 0.2) is 56.8 Å². The summed E-state index contributed by atoms with van der Waals surface area (Å²) in [5.74, 6) is 0.474. The van der Waals surface area contributed by atoms with E-state index in [1.807, 2.05) is 0 Å². The molecular weight excluding hydrogens is 404 g/mol. The molecule has 146 valence electrons. The highest BCUT2D eigenvalue weighted by molar-refractivity contribution is 7.89. The van der Waals surface area contributed by atoms with E-state index in [-0.39, 0.29) is 23.2 Å². The van der Waals surface area contributed by atoms with Crippen LogP contribution in [0, 0.1) is 0 Å². The maximum atomic E-state index is 12.8. The molecule has 0 N–H and O–H groups in total. The van der Waals surface area contributed by atoms with Crippen LogP contribution in [0.2, 0.25) is 5.02 Å². The van der Waals surface area contributed by atoms with E-state index in [9.17, 15) is 13.2 Å². The number of pyridine rings is 1. The lowest BCUT2D eigenvalue weighted by Gasteiger charge is -2.15. The second kappa shape index (κ2) is 7.50. The summed E-state index contributed by atoms with van der Waals surface area (Å²) in [7, 11) is -3.81. The van der Waals surface area contributed by atoms with Gasteiger partial charge in [-0.2, -0.15) is 9.29 Å². The van der Waals surface area contributed by atoms with E-state index in [1.54, 1.807) is 24.3 Å². The van der Waals surface area contributed by atoms with Crippen LogP contribution in [0.4, 0.5) is 0 Å². The van der Waals surface area contributed by atoms with Crippen LogP contribution in [-0.4, -0.2) is 40.5 Å². The molecule has 1 aliphatic rings. The van der Waals surface area contributed by atoms with Gasteiger partial charge in [0.1, 0.15) is 4.90 Å². The minimum atomic E-state index is -3.81. The molecule has 3 heterocycles. The van der Waals surface area contributed by atoms with Gasteiger partial charge < -0.3 is 9.09 Å². The van der Waals surface area contributed by atoms with Crippen molar-refractivity contribution in [1.29, 1.82) is 0 Å². The fraction of sp³-hybridized carbons (Fsp3) is 0.278. The monoisotopic (exact) mass is 420 g/mol. The van der Waals surface area contributed by atoms with Crippen LogP contribution in [0.25, 0.3) is 11.5 Å². The lowest BCUT2D eigenvalue weighted by atomic mass is 10.2. The summed E-state index contributed by atoms with van der Waals surface area (Å²) in [5.41, 5.74) is -0.0286. The van der Waals surface area contributed by atoms with Gasteiger partial charge in [-0.3, -0.25) is 4.79 Å². The largest absolute Gasteiger partial charge is 0.334 e. The Hall–Kier alpha value is -2.49. The highest BCUT2D eigenvalue weighted by Crippen LogP contribution is 2.26. The van der Waals surface area contributed by atoms with E-state index >= 15 is 0 Å². The van der Waals surface area contributed by atoms with E-state index in [1.165, 1.54) is 27.2 Å². The first-order valence-electron chi connectivity index (χ1n) is 8.74. The first-order valence-corrected chi connectivity index (χ1v) is 10.6. The van der Waals surface area contributed by atoms with Gasteiger partial charge >= 0.3 is 0 Å². The third-order valence-electron chi connectivity index (χ3n) is 4.55. The van der Waals surface area contributed by atoms with Crippen molar-refractivity contribution >= 4 is 21.6 Å². The predicted molar refractivity (Wildman–Crippen MR) is 103 cm³/mol. The molecule has 0 saturated carbocycles. The molecule has 10 heteroatoms. The minimum absolute atomic E-state index is 0.0177. The van der Waals surface area contributed by atoms with Crippen LogP contribution >= 0.6 is 11.6 Å². The molecule has 8 nitrogen and oxygen atoms in total. The van der Waals surface area contributed by atoms with E-state index in [0.717, 1.165) is 12.8 Å². The van der Waals surface area contributed by atoms with E-state index in [0.29, 0.717) is 23.7 Å². The van der Waals surface area contributed by atoms with Gasteiger partial charge in [-0.05, 0) is 37.1 Å². The molecule has 0 amide bonds. The number of hydrogen-bond acceptors (Lipinski definition) is 6. The van der Waals surface area contributed by atoms with Gasteiger partial charge in [0.05, 0.1) is 17.1 Å². The Labute approximate surface area is 166 Å². The topological polar surface area (TPSA) is 98.3 Å². The fourth-order valence-electron chi connectivity index (χ4n) is 3.12. The second-order valence-electron chi connectivity index (χ2n) is 6.41. The van der Waals surface area contributed by atoms with Crippen molar-refractivity contribution < 1.29 is 12.9 Å². The summed E-state index contributed by atoms with van der Waals surface area (Å²) in [6.07, 6.45) is 3.10. The standard InChI is InChI=1S/C18H17ClN4O4S/c19-14-7-2-1-6-13(14)17-20-16(21-27-17)12-22-9-5-8-15(18(22)24)28(25,26)23-10-3-4-11-23/h1-2,5-9H,3-4,10-12H2. The third kappa shape index (κ3) is 3.48. The number of halogens is 1. The maximum absolute atomic E-state index is 12.8. The quantitative estimate of drug-likeness (QED) is 0.628. The zero-order chi connectivity index (χ0) is 19.7. The Morgan fingerprint density at radius 2 is 1.86 bits per heavy atom. The maximum Gasteiger partial charge on any atom is 0.271 e.